The number of hydrogen-bond donors (Lipinski definition) is 1. The minimum Gasteiger partial charge on any atom is -0.466 e. The number of hydrogen-bond acceptors (Lipinski definition) is 8. The first-order valence-corrected chi connectivity index (χ1v) is 10.5. The Kier molecular flexibility index (Phi) is 7.33. The van der Waals surface area contributed by atoms with Crippen LogP contribution in [-0.2, 0) is 19.6 Å². The van der Waals surface area contributed by atoms with Gasteiger partial charge in [-0.3, -0.25) is 14.9 Å². The molecule has 28 heavy (non-hydrogen) atoms. The van der Waals surface area contributed by atoms with Gasteiger partial charge >= 0.3 is 5.97 Å². The molecule has 1 aliphatic heterocycles. The molecule has 2 rings (SSSR count). The van der Waals surface area contributed by atoms with E-state index >= 15 is 0 Å². The van der Waals surface area contributed by atoms with E-state index < -0.39 is 26.8 Å². The van der Waals surface area contributed by atoms with Crippen molar-refractivity contribution in [2.24, 2.45) is 5.92 Å². The number of esters is 1. The van der Waals surface area contributed by atoms with E-state index in [0.29, 0.717) is 26.2 Å². The number of rotatable bonds is 8. The lowest BCUT2D eigenvalue weighted by atomic mass is 10.1. The predicted molar refractivity (Wildman–Crippen MR) is 104 cm³/mol. The molecular formula is C17H26N4O6S. The number of carbonyl (C=O) groups excluding carboxylic acids is 1. The third kappa shape index (κ3) is 5.18. The molecule has 1 fully saturated rings. The monoisotopic (exact) mass is 414 g/mol. The minimum atomic E-state index is -3.81. The van der Waals surface area contributed by atoms with Crippen LogP contribution in [0.2, 0.25) is 0 Å². The number of likely N-dealkylation sites (N-methyl/N-ethyl adjacent to an activating group) is 1. The van der Waals surface area contributed by atoms with Crippen LogP contribution in [0.3, 0.4) is 0 Å². The van der Waals surface area contributed by atoms with Crippen molar-refractivity contribution in [1.82, 2.24) is 9.21 Å². The Balaban J connectivity index is 2.20. The lowest BCUT2D eigenvalue weighted by Gasteiger charge is -2.31. The van der Waals surface area contributed by atoms with Crippen LogP contribution in [0, 0.1) is 16.0 Å². The Morgan fingerprint density at radius 1 is 1.32 bits per heavy atom. The number of nitro benzene ring substituents is 1. The van der Waals surface area contributed by atoms with Crippen molar-refractivity contribution in [2.45, 2.75) is 18.7 Å². The zero-order chi connectivity index (χ0) is 20.9. The molecule has 0 radical (unpaired) electrons. The highest BCUT2D eigenvalue weighted by atomic mass is 32.2. The van der Waals surface area contributed by atoms with Gasteiger partial charge in [0.05, 0.1) is 22.3 Å². The molecule has 0 saturated carbocycles. The zero-order valence-electron chi connectivity index (χ0n) is 16.3. The van der Waals surface area contributed by atoms with E-state index in [1.807, 2.05) is 11.9 Å². The number of ether oxygens (including phenoxy) is 1. The lowest BCUT2D eigenvalue weighted by Crippen LogP contribution is -2.47. The molecule has 0 bridgehead atoms. The third-order valence-electron chi connectivity index (χ3n) is 4.55. The van der Waals surface area contributed by atoms with Crippen LogP contribution in [0.1, 0.15) is 13.8 Å². The van der Waals surface area contributed by atoms with Gasteiger partial charge in [-0.25, -0.2) is 8.42 Å². The average molecular weight is 414 g/mol. The van der Waals surface area contributed by atoms with Crippen LogP contribution in [0.25, 0.3) is 0 Å². The molecule has 1 aliphatic rings. The van der Waals surface area contributed by atoms with Gasteiger partial charge in [0.1, 0.15) is 5.69 Å². The molecule has 156 valence electrons. The molecule has 1 N–H and O–H groups in total. The molecule has 10 nitrogen and oxygen atoms in total. The lowest BCUT2D eigenvalue weighted by molar-refractivity contribution is -0.384. The molecule has 1 saturated heterocycles. The second kappa shape index (κ2) is 9.30. The Morgan fingerprint density at radius 3 is 2.54 bits per heavy atom. The molecular weight excluding hydrogens is 388 g/mol. The fourth-order valence-corrected chi connectivity index (χ4v) is 4.22. The molecule has 1 heterocycles. The molecule has 1 atom stereocenters. The molecule has 0 aliphatic carbocycles. The van der Waals surface area contributed by atoms with Crippen LogP contribution in [0.4, 0.5) is 11.4 Å². The summed E-state index contributed by atoms with van der Waals surface area (Å²) in [5.41, 5.74) is -0.204. The maximum atomic E-state index is 12.8. The van der Waals surface area contributed by atoms with E-state index in [2.05, 4.69) is 5.32 Å². The fourth-order valence-electron chi connectivity index (χ4n) is 2.78. The first-order valence-electron chi connectivity index (χ1n) is 9.04. The molecule has 0 aromatic heterocycles. The summed E-state index contributed by atoms with van der Waals surface area (Å²) in [6.07, 6.45) is 0. The van der Waals surface area contributed by atoms with Gasteiger partial charge < -0.3 is 15.0 Å². The molecule has 11 heteroatoms. The van der Waals surface area contributed by atoms with Crippen molar-refractivity contribution in [3.05, 3.63) is 28.3 Å². The highest BCUT2D eigenvalue weighted by Crippen LogP contribution is 2.29. The van der Waals surface area contributed by atoms with Crippen molar-refractivity contribution >= 4 is 27.4 Å². The Hall–Kier alpha value is -2.24. The maximum absolute atomic E-state index is 12.8. The van der Waals surface area contributed by atoms with Gasteiger partial charge in [-0.1, -0.05) is 6.92 Å². The summed E-state index contributed by atoms with van der Waals surface area (Å²) in [5.74, 6) is -0.916. The van der Waals surface area contributed by atoms with Gasteiger partial charge in [0, 0.05) is 38.8 Å². The van der Waals surface area contributed by atoms with Crippen LogP contribution >= 0.6 is 0 Å². The normalized spacial score (nSPS) is 17.1. The average Bonchev–Trinajstić information content (AvgIpc) is 2.66. The number of carbonyl (C=O) groups is 1. The van der Waals surface area contributed by atoms with Gasteiger partial charge in [-0.05, 0) is 26.1 Å². The number of anilines is 1. The molecule has 0 spiro atoms. The highest BCUT2D eigenvalue weighted by molar-refractivity contribution is 7.89. The number of nitro groups is 1. The molecule has 1 unspecified atom stereocenters. The Labute approximate surface area is 164 Å². The van der Waals surface area contributed by atoms with E-state index in [0.717, 1.165) is 6.07 Å². The second-order valence-corrected chi connectivity index (χ2v) is 8.62. The maximum Gasteiger partial charge on any atom is 0.310 e. The first kappa shape index (κ1) is 22.1. The van der Waals surface area contributed by atoms with E-state index in [-0.39, 0.29) is 29.4 Å². The summed E-state index contributed by atoms with van der Waals surface area (Å²) in [7, 11) is -1.90. The topological polar surface area (TPSA) is 122 Å². The number of sulfonamides is 1. The van der Waals surface area contributed by atoms with Crippen molar-refractivity contribution in [3.8, 4) is 0 Å². The summed E-state index contributed by atoms with van der Waals surface area (Å²) in [6, 6.07) is 3.77. The van der Waals surface area contributed by atoms with Gasteiger partial charge in [-0.15, -0.1) is 0 Å². The summed E-state index contributed by atoms with van der Waals surface area (Å²) < 4.78 is 31.9. The van der Waals surface area contributed by atoms with Crippen molar-refractivity contribution < 1.29 is 22.9 Å². The zero-order valence-corrected chi connectivity index (χ0v) is 17.1. The van der Waals surface area contributed by atoms with E-state index in [1.165, 1.54) is 16.4 Å². The number of nitrogens with one attached hydrogen (secondary N) is 1. The van der Waals surface area contributed by atoms with E-state index in [4.69, 9.17) is 4.74 Å². The van der Waals surface area contributed by atoms with Crippen LogP contribution in [-0.4, -0.2) is 74.9 Å². The first-order chi connectivity index (χ1) is 13.2. The molecule has 1 aromatic rings. The molecule has 0 amide bonds. The van der Waals surface area contributed by atoms with Gasteiger partial charge in [-0.2, -0.15) is 4.31 Å². The highest BCUT2D eigenvalue weighted by Gasteiger charge is 2.29. The summed E-state index contributed by atoms with van der Waals surface area (Å²) in [5, 5.41) is 14.3. The quantitative estimate of drug-likeness (QED) is 0.382. The van der Waals surface area contributed by atoms with Crippen molar-refractivity contribution in [1.29, 1.82) is 0 Å². The molecule has 1 aromatic carbocycles. The van der Waals surface area contributed by atoms with Crippen LogP contribution < -0.4 is 5.32 Å². The van der Waals surface area contributed by atoms with Gasteiger partial charge in [0.2, 0.25) is 10.0 Å². The second-order valence-electron chi connectivity index (χ2n) is 6.68. The van der Waals surface area contributed by atoms with Crippen molar-refractivity contribution in [2.75, 3.05) is 51.7 Å². The Bertz CT molecular complexity index is 821. The van der Waals surface area contributed by atoms with Crippen LogP contribution in [0.15, 0.2) is 23.1 Å². The SMILES string of the molecule is CCOC(=O)C(C)CNc1ccc(S(=O)(=O)N2CCN(C)CC2)cc1[N+](=O)[O-]. The van der Waals surface area contributed by atoms with Crippen LogP contribution in [0.5, 0.6) is 0 Å². The third-order valence-corrected chi connectivity index (χ3v) is 6.45. The largest absolute Gasteiger partial charge is 0.466 e. The van der Waals surface area contributed by atoms with Gasteiger partial charge in [0.25, 0.3) is 5.69 Å². The number of nitrogens with zero attached hydrogens (tertiary/aromatic N) is 3. The van der Waals surface area contributed by atoms with E-state index in [9.17, 15) is 23.3 Å². The standard InChI is InChI=1S/C17H26N4O6S/c1-4-27-17(22)13(2)12-18-15-6-5-14(11-16(15)21(23)24)28(25,26)20-9-7-19(3)8-10-20/h5-6,11,13,18H,4,7-10,12H2,1-3H3. The predicted octanol–water partition coefficient (Wildman–Crippen LogP) is 1.14. The summed E-state index contributed by atoms with van der Waals surface area (Å²) >= 11 is 0. The summed E-state index contributed by atoms with van der Waals surface area (Å²) in [4.78, 5) is 24.4. The minimum absolute atomic E-state index is 0.118. The van der Waals surface area contributed by atoms with Gasteiger partial charge in [0.15, 0.2) is 0 Å². The smallest absolute Gasteiger partial charge is 0.310 e. The Morgan fingerprint density at radius 2 is 1.96 bits per heavy atom. The van der Waals surface area contributed by atoms with E-state index in [1.54, 1.807) is 13.8 Å². The van der Waals surface area contributed by atoms with Crippen molar-refractivity contribution in [3.63, 3.8) is 0 Å². The number of benzene rings is 1. The fraction of sp³-hybridized carbons (Fsp3) is 0.588. The number of piperazine rings is 1. The summed E-state index contributed by atoms with van der Waals surface area (Å²) in [6.45, 7) is 5.60.